The van der Waals surface area contributed by atoms with Crippen molar-refractivity contribution >= 4 is 32.4 Å². The minimum Gasteiger partial charge on any atom is -0.496 e. The maximum Gasteiger partial charge on any atom is 0.180 e. The summed E-state index contributed by atoms with van der Waals surface area (Å²) >= 11 is 4.99. The number of anilines is 1. The summed E-state index contributed by atoms with van der Waals surface area (Å²) in [5, 5.41) is 2.52. The van der Waals surface area contributed by atoms with Gasteiger partial charge in [-0.15, -0.1) is 11.3 Å². The van der Waals surface area contributed by atoms with E-state index in [1.54, 1.807) is 7.11 Å². The number of nitrogens with zero attached hydrogens (tertiary/aromatic N) is 1. The topological polar surface area (TPSA) is 48.1 Å². The van der Waals surface area contributed by atoms with E-state index in [0.717, 1.165) is 32.6 Å². The minimum atomic E-state index is 0.569. The van der Waals surface area contributed by atoms with Crippen LogP contribution in [-0.2, 0) is 0 Å². The molecule has 0 saturated heterocycles. The number of methoxy groups -OCH3 is 1. The van der Waals surface area contributed by atoms with Gasteiger partial charge in [-0.25, -0.2) is 4.98 Å². The van der Waals surface area contributed by atoms with Gasteiger partial charge in [-0.05, 0) is 31.0 Å². The Morgan fingerprint density at radius 1 is 1.41 bits per heavy atom. The first-order valence-electron chi connectivity index (χ1n) is 5.09. The van der Waals surface area contributed by atoms with Crippen molar-refractivity contribution in [3.63, 3.8) is 0 Å². The maximum absolute atomic E-state index is 5.69. The summed E-state index contributed by atoms with van der Waals surface area (Å²) in [6, 6.07) is 2.05. The lowest BCUT2D eigenvalue weighted by Gasteiger charge is -2.14. The molecule has 1 aromatic carbocycles. The SMILES string of the molecule is COc1c(C)cc(Br)c(C)c1-c1csc(N)n1. The zero-order valence-corrected chi connectivity index (χ0v) is 12.3. The molecule has 0 atom stereocenters. The van der Waals surface area contributed by atoms with Crippen molar-refractivity contribution in [2.45, 2.75) is 13.8 Å². The van der Waals surface area contributed by atoms with Gasteiger partial charge in [0.15, 0.2) is 5.13 Å². The third kappa shape index (κ3) is 2.17. The van der Waals surface area contributed by atoms with E-state index in [9.17, 15) is 0 Å². The number of hydrogen-bond donors (Lipinski definition) is 1. The molecule has 0 unspecified atom stereocenters. The monoisotopic (exact) mass is 312 g/mol. The molecule has 2 aromatic rings. The average Bonchev–Trinajstić information content (AvgIpc) is 2.69. The molecule has 0 radical (unpaired) electrons. The van der Waals surface area contributed by atoms with E-state index >= 15 is 0 Å². The number of nitrogens with two attached hydrogens (primary N) is 1. The first kappa shape index (κ1) is 12.4. The Morgan fingerprint density at radius 2 is 2.12 bits per heavy atom. The van der Waals surface area contributed by atoms with Crippen molar-refractivity contribution in [2.75, 3.05) is 12.8 Å². The molecule has 0 saturated carbocycles. The number of halogens is 1. The molecular formula is C12H13BrN2OS. The van der Waals surface area contributed by atoms with E-state index in [2.05, 4.69) is 20.9 Å². The van der Waals surface area contributed by atoms with E-state index in [1.807, 2.05) is 25.3 Å². The van der Waals surface area contributed by atoms with Crippen molar-refractivity contribution in [1.82, 2.24) is 4.98 Å². The van der Waals surface area contributed by atoms with Gasteiger partial charge in [-0.1, -0.05) is 15.9 Å². The first-order chi connectivity index (χ1) is 8.04. The highest BCUT2D eigenvalue weighted by Gasteiger charge is 2.16. The lowest BCUT2D eigenvalue weighted by Crippen LogP contribution is -1.96. The van der Waals surface area contributed by atoms with E-state index in [4.69, 9.17) is 10.5 Å². The van der Waals surface area contributed by atoms with Gasteiger partial charge in [0.25, 0.3) is 0 Å². The molecule has 0 bridgehead atoms. The second-order valence-electron chi connectivity index (χ2n) is 3.78. The molecule has 1 aromatic heterocycles. The second-order valence-corrected chi connectivity index (χ2v) is 5.52. The van der Waals surface area contributed by atoms with Gasteiger partial charge in [-0.2, -0.15) is 0 Å². The number of hydrogen-bond acceptors (Lipinski definition) is 4. The molecule has 0 aliphatic rings. The number of benzene rings is 1. The summed E-state index contributed by atoms with van der Waals surface area (Å²) in [5.41, 5.74) is 9.75. The highest BCUT2D eigenvalue weighted by atomic mass is 79.9. The lowest BCUT2D eigenvalue weighted by atomic mass is 10.0. The van der Waals surface area contributed by atoms with Crippen LogP contribution >= 0.6 is 27.3 Å². The number of thiazole rings is 1. The van der Waals surface area contributed by atoms with Crippen LogP contribution in [0, 0.1) is 13.8 Å². The molecule has 5 heteroatoms. The predicted molar refractivity (Wildman–Crippen MR) is 75.7 cm³/mol. The van der Waals surface area contributed by atoms with Crippen molar-refractivity contribution in [2.24, 2.45) is 0 Å². The zero-order chi connectivity index (χ0) is 12.6. The molecule has 0 aliphatic heterocycles. The van der Waals surface area contributed by atoms with Crippen molar-refractivity contribution in [1.29, 1.82) is 0 Å². The number of rotatable bonds is 2. The van der Waals surface area contributed by atoms with Crippen LogP contribution in [0.1, 0.15) is 11.1 Å². The van der Waals surface area contributed by atoms with E-state index < -0.39 is 0 Å². The summed E-state index contributed by atoms with van der Waals surface area (Å²) in [4.78, 5) is 4.33. The fourth-order valence-electron chi connectivity index (χ4n) is 1.82. The summed E-state index contributed by atoms with van der Waals surface area (Å²) in [6.45, 7) is 4.05. The normalized spacial score (nSPS) is 10.6. The van der Waals surface area contributed by atoms with Crippen LogP contribution in [0.4, 0.5) is 5.13 Å². The van der Waals surface area contributed by atoms with Crippen LogP contribution in [0.25, 0.3) is 11.3 Å². The first-order valence-corrected chi connectivity index (χ1v) is 6.77. The van der Waals surface area contributed by atoms with E-state index in [1.165, 1.54) is 11.3 Å². The van der Waals surface area contributed by atoms with Gasteiger partial charge in [-0.3, -0.25) is 0 Å². The van der Waals surface area contributed by atoms with Gasteiger partial charge >= 0.3 is 0 Å². The summed E-state index contributed by atoms with van der Waals surface area (Å²) < 4.78 is 6.53. The van der Waals surface area contributed by atoms with Crippen LogP contribution in [0.3, 0.4) is 0 Å². The van der Waals surface area contributed by atoms with Crippen LogP contribution in [0.2, 0.25) is 0 Å². The molecule has 0 spiro atoms. The van der Waals surface area contributed by atoms with Crippen molar-refractivity contribution in [3.8, 4) is 17.0 Å². The highest BCUT2D eigenvalue weighted by Crippen LogP contribution is 2.40. The Kier molecular flexibility index (Phi) is 3.40. The Bertz CT molecular complexity index is 566. The van der Waals surface area contributed by atoms with Crippen molar-refractivity contribution < 1.29 is 4.74 Å². The number of ether oxygens (including phenoxy) is 1. The third-order valence-electron chi connectivity index (χ3n) is 2.64. The molecular weight excluding hydrogens is 300 g/mol. The smallest absolute Gasteiger partial charge is 0.180 e. The van der Waals surface area contributed by atoms with Crippen molar-refractivity contribution in [3.05, 3.63) is 27.0 Å². The number of aromatic nitrogens is 1. The fourth-order valence-corrected chi connectivity index (χ4v) is 2.92. The molecule has 0 amide bonds. The van der Waals surface area contributed by atoms with Crippen LogP contribution in [-0.4, -0.2) is 12.1 Å². The molecule has 17 heavy (non-hydrogen) atoms. The minimum absolute atomic E-state index is 0.569. The summed E-state index contributed by atoms with van der Waals surface area (Å²) in [6.07, 6.45) is 0. The zero-order valence-electron chi connectivity index (χ0n) is 9.87. The fraction of sp³-hybridized carbons (Fsp3) is 0.250. The largest absolute Gasteiger partial charge is 0.496 e. The quantitative estimate of drug-likeness (QED) is 0.918. The highest BCUT2D eigenvalue weighted by molar-refractivity contribution is 9.10. The van der Waals surface area contributed by atoms with Crippen LogP contribution in [0.5, 0.6) is 5.75 Å². The Hall–Kier alpha value is -1.07. The molecule has 0 fully saturated rings. The lowest BCUT2D eigenvalue weighted by molar-refractivity contribution is 0.413. The summed E-state index contributed by atoms with van der Waals surface area (Å²) in [5.74, 6) is 0.857. The maximum atomic E-state index is 5.69. The van der Waals surface area contributed by atoms with Gasteiger partial charge < -0.3 is 10.5 Å². The second kappa shape index (κ2) is 4.66. The Balaban J connectivity index is 2.74. The Morgan fingerprint density at radius 3 is 2.65 bits per heavy atom. The van der Waals surface area contributed by atoms with Crippen LogP contribution < -0.4 is 10.5 Å². The summed E-state index contributed by atoms with van der Waals surface area (Å²) in [7, 11) is 1.68. The molecule has 1 heterocycles. The van der Waals surface area contributed by atoms with E-state index in [0.29, 0.717) is 5.13 Å². The van der Waals surface area contributed by atoms with Gasteiger partial charge in [0.1, 0.15) is 5.75 Å². The third-order valence-corrected chi connectivity index (χ3v) is 4.14. The van der Waals surface area contributed by atoms with Gasteiger partial charge in [0.05, 0.1) is 12.8 Å². The molecule has 0 aliphatic carbocycles. The van der Waals surface area contributed by atoms with E-state index in [-0.39, 0.29) is 0 Å². The molecule has 2 rings (SSSR count). The predicted octanol–water partition coefficient (Wildman–Crippen LogP) is 3.78. The molecule has 2 N–H and O–H groups in total. The average molecular weight is 313 g/mol. The van der Waals surface area contributed by atoms with Gasteiger partial charge in [0.2, 0.25) is 0 Å². The standard InChI is InChI=1S/C12H13BrN2OS/c1-6-4-8(13)7(2)10(11(6)16-3)9-5-17-12(14)15-9/h4-5H,1-3H3,(H2,14,15). The van der Waals surface area contributed by atoms with Crippen LogP contribution in [0.15, 0.2) is 15.9 Å². The Labute approximate surface area is 113 Å². The van der Waals surface area contributed by atoms with Gasteiger partial charge in [0, 0.05) is 15.4 Å². The molecule has 3 nitrogen and oxygen atoms in total. The number of aryl methyl sites for hydroxylation is 1. The molecule has 90 valence electrons. The number of nitrogen functional groups attached to an aromatic ring is 1.